The predicted molar refractivity (Wildman–Crippen MR) is 126 cm³/mol. The molecule has 2 heterocycles. The van der Waals surface area contributed by atoms with Gasteiger partial charge in [-0.3, -0.25) is 4.79 Å². The maximum absolute atomic E-state index is 13.4. The number of para-hydroxylation sites is 1. The molecular formula is C25H19BrN2O2. The lowest BCUT2D eigenvalue weighted by Crippen LogP contribution is -2.17. The van der Waals surface area contributed by atoms with Crippen LogP contribution in [0, 0.1) is 0 Å². The van der Waals surface area contributed by atoms with Crippen LogP contribution in [0.2, 0.25) is 0 Å². The highest BCUT2D eigenvalue weighted by Gasteiger charge is 2.22. The number of anilines is 1. The minimum atomic E-state index is -0.0739. The van der Waals surface area contributed by atoms with E-state index in [-0.39, 0.29) is 5.56 Å². The average Bonchev–Trinajstić information content (AvgIpc) is 3.17. The van der Waals surface area contributed by atoms with E-state index in [2.05, 4.69) is 33.4 Å². The summed E-state index contributed by atoms with van der Waals surface area (Å²) in [7, 11) is 1.80. The molecule has 0 aliphatic carbocycles. The molecule has 148 valence electrons. The van der Waals surface area contributed by atoms with Crippen molar-refractivity contribution in [2.24, 2.45) is 7.05 Å². The van der Waals surface area contributed by atoms with Gasteiger partial charge in [-0.15, -0.1) is 0 Å². The summed E-state index contributed by atoms with van der Waals surface area (Å²) in [6.07, 6.45) is 0. The first kappa shape index (κ1) is 18.7. The molecule has 5 rings (SSSR count). The largest absolute Gasteiger partial charge is 0.439 e. The first-order chi connectivity index (χ1) is 14.6. The summed E-state index contributed by atoms with van der Waals surface area (Å²) in [5.41, 5.74) is 4.23. The van der Waals surface area contributed by atoms with Gasteiger partial charge in [-0.25, -0.2) is 0 Å². The average molecular weight is 459 g/mol. The summed E-state index contributed by atoms with van der Waals surface area (Å²) < 4.78 is 8.96. The number of rotatable bonds is 4. The summed E-state index contributed by atoms with van der Waals surface area (Å²) in [4.78, 5) is 13.4. The summed E-state index contributed by atoms with van der Waals surface area (Å²) in [5, 5.41) is 4.92. The van der Waals surface area contributed by atoms with Crippen LogP contribution >= 0.6 is 15.9 Å². The van der Waals surface area contributed by atoms with Crippen molar-refractivity contribution in [1.82, 2.24) is 4.57 Å². The number of furan rings is 1. The summed E-state index contributed by atoms with van der Waals surface area (Å²) in [6.45, 7) is 0.597. The van der Waals surface area contributed by atoms with Crippen LogP contribution < -0.4 is 10.9 Å². The van der Waals surface area contributed by atoms with Crippen LogP contribution in [0.15, 0.2) is 92.5 Å². The van der Waals surface area contributed by atoms with E-state index in [0.717, 1.165) is 32.1 Å². The van der Waals surface area contributed by atoms with Gasteiger partial charge in [0.25, 0.3) is 5.56 Å². The number of aromatic nitrogens is 1. The minimum Gasteiger partial charge on any atom is -0.439 e. The third kappa shape index (κ3) is 3.12. The Morgan fingerprint density at radius 2 is 1.73 bits per heavy atom. The molecule has 0 aliphatic heterocycles. The molecule has 30 heavy (non-hydrogen) atoms. The Hall–Kier alpha value is -3.31. The second kappa shape index (κ2) is 7.50. The SMILES string of the molecule is Cn1c(=O)c2c(-c3cccc(Br)c3)c(NCc3ccccc3)oc2c2ccccc21. The molecule has 0 amide bonds. The number of halogens is 1. The third-order valence-electron chi connectivity index (χ3n) is 5.35. The van der Waals surface area contributed by atoms with Gasteiger partial charge in [0.1, 0.15) is 0 Å². The molecule has 1 N–H and O–H groups in total. The lowest BCUT2D eigenvalue weighted by molar-refractivity contribution is 0.629. The normalized spacial score (nSPS) is 11.3. The van der Waals surface area contributed by atoms with Crippen LogP contribution in [0.3, 0.4) is 0 Å². The van der Waals surface area contributed by atoms with E-state index in [0.29, 0.717) is 23.4 Å². The van der Waals surface area contributed by atoms with Gasteiger partial charge in [0.05, 0.1) is 16.5 Å². The predicted octanol–water partition coefficient (Wildman–Crippen LogP) is 6.33. The third-order valence-corrected chi connectivity index (χ3v) is 5.84. The van der Waals surface area contributed by atoms with Gasteiger partial charge in [-0.1, -0.05) is 70.5 Å². The maximum Gasteiger partial charge on any atom is 0.262 e. The highest BCUT2D eigenvalue weighted by atomic mass is 79.9. The number of hydrogen-bond acceptors (Lipinski definition) is 3. The Morgan fingerprint density at radius 3 is 2.53 bits per heavy atom. The van der Waals surface area contributed by atoms with E-state index in [1.807, 2.05) is 66.7 Å². The Morgan fingerprint density at radius 1 is 0.967 bits per heavy atom. The molecule has 4 nitrogen and oxygen atoms in total. The number of nitrogens with one attached hydrogen (secondary N) is 1. The molecule has 5 heteroatoms. The van der Waals surface area contributed by atoms with E-state index in [1.165, 1.54) is 0 Å². The van der Waals surface area contributed by atoms with E-state index >= 15 is 0 Å². The van der Waals surface area contributed by atoms with Crippen molar-refractivity contribution >= 4 is 43.7 Å². The van der Waals surface area contributed by atoms with Crippen LogP contribution in [-0.4, -0.2) is 4.57 Å². The molecular weight excluding hydrogens is 440 g/mol. The molecule has 0 unspecified atom stereocenters. The molecule has 5 aromatic rings. The molecule has 0 radical (unpaired) electrons. The lowest BCUT2D eigenvalue weighted by Gasteiger charge is -2.08. The summed E-state index contributed by atoms with van der Waals surface area (Å²) in [6, 6.07) is 25.9. The van der Waals surface area contributed by atoms with Crippen molar-refractivity contribution in [3.63, 3.8) is 0 Å². The Balaban J connectivity index is 1.79. The van der Waals surface area contributed by atoms with Crippen molar-refractivity contribution in [1.29, 1.82) is 0 Å². The zero-order valence-corrected chi connectivity index (χ0v) is 17.9. The Bertz CT molecular complexity index is 1430. The van der Waals surface area contributed by atoms with Gasteiger partial charge in [-0.05, 0) is 35.4 Å². The molecule has 0 saturated heterocycles. The molecule has 0 spiro atoms. The highest BCUT2D eigenvalue weighted by molar-refractivity contribution is 9.10. The molecule has 3 aromatic carbocycles. The zero-order valence-electron chi connectivity index (χ0n) is 16.4. The van der Waals surface area contributed by atoms with Crippen LogP contribution in [0.1, 0.15) is 5.56 Å². The molecule has 2 aromatic heterocycles. The number of fused-ring (bicyclic) bond motifs is 3. The van der Waals surface area contributed by atoms with Gasteiger partial charge in [0.15, 0.2) is 5.58 Å². The molecule has 0 saturated carbocycles. The summed E-state index contributed by atoms with van der Waals surface area (Å²) >= 11 is 3.55. The minimum absolute atomic E-state index is 0.0739. The standard InChI is InChI=1S/C25H19BrN2O2/c1-28-20-13-6-5-12-19(20)23-22(25(28)29)21(17-10-7-11-18(26)14-17)24(30-23)27-15-16-8-3-2-4-9-16/h2-14,27H,15H2,1H3. The lowest BCUT2D eigenvalue weighted by atomic mass is 10.0. The van der Waals surface area contributed by atoms with E-state index in [9.17, 15) is 4.79 Å². The Kier molecular flexibility index (Phi) is 4.68. The number of nitrogens with zero attached hydrogens (tertiary/aromatic N) is 1. The topological polar surface area (TPSA) is 47.2 Å². The molecule has 0 aliphatic rings. The Labute approximate surface area is 181 Å². The van der Waals surface area contributed by atoms with Crippen LogP contribution in [0.5, 0.6) is 0 Å². The van der Waals surface area contributed by atoms with Crippen molar-refractivity contribution < 1.29 is 4.42 Å². The first-order valence-electron chi connectivity index (χ1n) is 9.71. The fourth-order valence-corrected chi connectivity index (χ4v) is 4.28. The maximum atomic E-state index is 13.4. The molecule has 0 atom stereocenters. The summed E-state index contributed by atoms with van der Waals surface area (Å²) in [5.74, 6) is 0.598. The fraction of sp³-hybridized carbons (Fsp3) is 0.0800. The van der Waals surface area contributed by atoms with Gasteiger partial charge in [0.2, 0.25) is 5.88 Å². The van der Waals surface area contributed by atoms with Crippen LogP contribution in [0.4, 0.5) is 5.88 Å². The van der Waals surface area contributed by atoms with E-state index in [4.69, 9.17) is 4.42 Å². The van der Waals surface area contributed by atoms with E-state index < -0.39 is 0 Å². The second-order valence-corrected chi connectivity index (χ2v) is 8.16. The molecule has 0 bridgehead atoms. The fourth-order valence-electron chi connectivity index (χ4n) is 3.88. The van der Waals surface area contributed by atoms with Crippen LogP contribution in [-0.2, 0) is 13.6 Å². The van der Waals surface area contributed by atoms with Crippen molar-refractivity contribution in [3.05, 3.63) is 99.3 Å². The number of pyridine rings is 1. The monoisotopic (exact) mass is 458 g/mol. The van der Waals surface area contributed by atoms with Gasteiger partial charge in [-0.2, -0.15) is 0 Å². The molecule has 0 fully saturated rings. The van der Waals surface area contributed by atoms with Crippen molar-refractivity contribution in [2.45, 2.75) is 6.54 Å². The van der Waals surface area contributed by atoms with Crippen LogP contribution in [0.25, 0.3) is 33.0 Å². The van der Waals surface area contributed by atoms with Crippen molar-refractivity contribution in [3.8, 4) is 11.1 Å². The zero-order chi connectivity index (χ0) is 20.7. The van der Waals surface area contributed by atoms with Gasteiger partial charge < -0.3 is 14.3 Å². The van der Waals surface area contributed by atoms with Crippen molar-refractivity contribution in [2.75, 3.05) is 5.32 Å². The number of hydrogen-bond donors (Lipinski definition) is 1. The van der Waals surface area contributed by atoms with E-state index in [1.54, 1.807) is 11.6 Å². The number of benzene rings is 3. The number of aryl methyl sites for hydroxylation is 1. The van der Waals surface area contributed by atoms with Gasteiger partial charge >= 0.3 is 0 Å². The smallest absolute Gasteiger partial charge is 0.262 e. The van der Waals surface area contributed by atoms with Gasteiger partial charge in [0, 0.05) is 23.5 Å². The quantitative estimate of drug-likeness (QED) is 0.342. The second-order valence-electron chi connectivity index (χ2n) is 7.24. The highest BCUT2D eigenvalue weighted by Crippen LogP contribution is 2.40. The first-order valence-corrected chi connectivity index (χ1v) is 10.5.